The van der Waals surface area contributed by atoms with Crippen molar-refractivity contribution in [2.24, 2.45) is 10.9 Å². The number of oxime groups is 1. The number of furan rings is 1. The Bertz CT molecular complexity index is 1130. The van der Waals surface area contributed by atoms with E-state index >= 15 is 0 Å². The van der Waals surface area contributed by atoms with E-state index in [2.05, 4.69) is 15.2 Å². The first kappa shape index (κ1) is 30.2. The number of ether oxygens (including phenoxy) is 2. The maximum Gasteiger partial charge on any atom is 1.00 e. The molecular formula is C21H23N4NaO10S. The Morgan fingerprint density at radius 2 is 2.03 bits per heavy atom. The number of aliphatic carboxylic acids is 1. The third-order valence-corrected chi connectivity index (χ3v) is 5.98. The summed E-state index contributed by atoms with van der Waals surface area (Å²) < 4.78 is 14.9. The Kier molecular flexibility index (Phi) is 10.2. The van der Waals surface area contributed by atoms with Crippen LogP contribution < -0.4 is 45.7 Å². The Morgan fingerprint density at radius 1 is 1.32 bits per heavy atom. The molecule has 14 nitrogen and oxygen atoms in total. The van der Waals surface area contributed by atoms with Gasteiger partial charge in [0, 0.05) is 11.3 Å². The molecule has 1 saturated heterocycles. The van der Waals surface area contributed by atoms with E-state index in [1.807, 2.05) is 0 Å². The molecule has 0 spiro atoms. The minimum absolute atomic E-state index is 0. The minimum Gasteiger partial charge on any atom is -0.543 e. The standard InChI is InChI=1S/C21H24N4O10S.Na/c1-21(2,3)35-12(26)8-34-24-13(11-5-4-6-32-11)16(27)23-14-17(28)25-15(19(29)30)10(7-33-20(22)31)9-36-18(14)25;/h4-6,14,18H,7-9H2,1-3H3,(H2,22,31)(H,23,27)(H,29,30);/q;+1/p-1/t14-,18-;/m1./s1. The predicted molar refractivity (Wildman–Crippen MR) is 120 cm³/mol. The fraction of sp³-hybridized carbons (Fsp3) is 0.429. The number of nitrogens with zero attached hydrogens (tertiary/aromatic N) is 2. The summed E-state index contributed by atoms with van der Waals surface area (Å²) in [6, 6.07) is 1.80. The SMILES string of the molecule is CC(C)(C)OC(=O)CON=C(C(=O)N[C@@H]1C(=O)N2C(C(=O)[O-])=C(COC(N)=O)CS[C@H]12)c1ccco1.[Na+]. The predicted octanol–water partition coefficient (Wildman–Crippen LogP) is -4.15. The van der Waals surface area contributed by atoms with E-state index in [9.17, 15) is 29.1 Å². The van der Waals surface area contributed by atoms with Crippen LogP contribution in [0.15, 0.2) is 39.2 Å². The third-order valence-electron chi connectivity index (χ3n) is 4.64. The Balaban J connectivity index is 0.00000481. The topological polar surface area (TPSA) is 203 Å². The van der Waals surface area contributed by atoms with E-state index in [4.69, 9.17) is 19.7 Å². The summed E-state index contributed by atoms with van der Waals surface area (Å²) in [5.74, 6) is -3.88. The number of carboxylic acid groups (broad SMARTS) is 1. The summed E-state index contributed by atoms with van der Waals surface area (Å²) in [6.07, 6.45) is 0.178. The molecule has 16 heteroatoms. The van der Waals surface area contributed by atoms with E-state index in [0.717, 1.165) is 16.7 Å². The van der Waals surface area contributed by atoms with Gasteiger partial charge in [-0.3, -0.25) is 14.5 Å². The molecule has 2 aliphatic rings. The van der Waals surface area contributed by atoms with Crippen molar-refractivity contribution in [2.75, 3.05) is 19.0 Å². The fourth-order valence-corrected chi connectivity index (χ4v) is 4.61. The van der Waals surface area contributed by atoms with Gasteiger partial charge >= 0.3 is 41.6 Å². The third kappa shape index (κ3) is 7.50. The summed E-state index contributed by atoms with van der Waals surface area (Å²) in [7, 11) is 0. The molecule has 0 bridgehead atoms. The van der Waals surface area contributed by atoms with Crippen molar-refractivity contribution in [1.82, 2.24) is 10.2 Å². The first-order valence-electron chi connectivity index (χ1n) is 10.5. The molecule has 0 saturated carbocycles. The number of nitrogens with two attached hydrogens (primary N) is 1. The Labute approximate surface area is 237 Å². The number of esters is 1. The summed E-state index contributed by atoms with van der Waals surface area (Å²) in [5, 5.41) is 17.1. The van der Waals surface area contributed by atoms with Crippen molar-refractivity contribution >= 4 is 47.3 Å². The molecule has 1 fully saturated rings. The van der Waals surface area contributed by atoms with Crippen LogP contribution in [0.4, 0.5) is 4.79 Å². The Hall–Kier alpha value is -3.01. The average molecular weight is 546 g/mol. The molecule has 2 aliphatic heterocycles. The number of hydrogen-bond acceptors (Lipinski definition) is 12. The quantitative estimate of drug-likeness (QED) is 0.100. The van der Waals surface area contributed by atoms with Crippen LogP contribution in [0.3, 0.4) is 0 Å². The van der Waals surface area contributed by atoms with Crippen molar-refractivity contribution < 1.29 is 77.4 Å². The minimum atomic E-state index is -1.64. The van der Waals surface area contributed by atoms with Crippen molar-refractivity contribution in [3.63, 3.8) is 0 Å². The van der Waals surface area contributed by atoms with Crippen LogP contribution in [0.1, 0.15) is 26.5 Å². The molecule has 0 aromatic carbocycles. The number of carbonyl (C=O) groups excluding carboxylic acids is 5. The van der Waals surface area contributed by atoms with Crippen LogP contribution in [0, 0.1) is 0 Å². The van der Waals surface area contributed by atoms with Crippen LogP contribution in [-0.4, -0.2) is 76.4 Å². The normalized spacial score (nSPS) is 19.2. The molecule has 1 aromatic heterocycles. The number of thioether (sulfide) groups is 1. The second-order valence-corrected chi connectivity index (χ2v) is 9.59. The number of carboxylic acids is 1. The van der Waals surface area contributed by atoms with E-state index < -0.39 is 65.8 Å². The Morgan fingerprint density at radius 3 is 2.59 bits per heavy atom. The monoisotopic (exact) mass is 546 g/mol. The number of nitrogens with one attached hydrogen (secondary N) is 1. The molecular weight excluding hydrogens is 523 g/mol. The van der Waals surface area contributed by atoms with Gasteiger partial charge in [0.15, 0.2) is 5.76 Å². The maximum atomic E-state index is 12.9. The van der Waals surface area contributed by atoms with Gasteiger partial charge < -0.3 is 39.7 Å². The molecule has 37 heavy (non-hydrogen) atoms. The number of primary amides is 1. The largest absolute Gasteiger partial charge is 1.00 e. The molecule has 194 valence electrons. The van der Waals surface area contributed by atoms with Crippen molar-refractivity contribution in [3.05, 3.63) is 35.4 Å². The van der Waals surface area contributed by atoms with Gasteiger partial charge in [0.05, 0.1) is 17.9 Å². The summed E-state index contributed by atoms with van der Waals surface area (Å²) in [4.78, 5) is 66.0. The van der Waals surface area contributed by atoms with Gasteiger partial charge in [-0.2, -0.15) is 0 Å². The molecule has 0 unspecified atom stereocenters. The maximum absolute atomic E-state index is 12.9. The number of fused-ring (bicyclic) bond motifs is 1. The van der Waals surface area contributed by atoms with Crippen molar-refractivity contribution in [1.29, 1.82) is 0 Å². The van der Waals surface area contributed by atoms with Crippen LogP contribution in [0.5, 0.6) is 0 Å². The van der Waals surface area contributed by atoms with Gasteiger partial charge in [0.2, 0.25) is 12.3 Å². The zero-order valence-corrected chi connectivity index (χ0v) is 23.3. The van der Waals surface area contributed by atoms with E-state index in [1.54, 1.807) is 20.8 Å². The number of carbonyl (C=O) groups is 5. The van der Waals surface area contributed by atoms with Gasteiger partial charge in [0.1, 0.15) is 23.6 Å². The van der Waals surface area contributed by atoms with Gasteiger partial charge in [0.25, 0.3) is 11.8 Å². The fourth-order valence-electron chi connectivity index (χ4n) is 3.28. The molecule has 3 amide bonds. The summed E-state index contributed by atoms with van der Waals surface area (Å²) in [6.45, 7) is 4.01. The van der Waals surface area contributed by atoms with Crippen LogP contribution >= 0.6 is 11.8 Å². The van der Waals surface area contributed by atoms with Gasteiger partial charge in [-0.25, -0.2) is 9.59 Å². The average Bonchev–Trinajstić information content (AvgIpc) is 3.31. The molecule has 3 heterocycles. The molecule has 3 rings (SSSR count). The van der Waals surface area contributed by atoms with Gasteiger partial charge in [-0.15, -0.1) is 11.8 Å². The smallest absolute Gasteiger partial charge is 0.543 e. The van der Waals surface area contributed by atoms with Crippen molar-refractivity contribution in [3.8, 4) is 0 Å². The van der Waals surface area contributed by atoms with E-state index in [1.165, 1.54) is 18.4 Å². The number of β-lactam (4-membered cyclic amide) rings is 1. The van der Waals surface area contributed by atoms with Gasteiger partial charge in [-0.05, 0) is 32.9 Å². The molecule has 0 aliphatic carbocycles. The molecule has 2 atom stereocenters. The molecule has 1 aromatic rings. The second-order valence-electron chi connectivity index (χ2n) is 8.49. The van der Waals surface area contributed by atoms with E-state index in [0.29, 0.717) is 0 Å². The zero-order chi connectivity index (χ0) is 26.6. The number of amides is 3. The first-order chi connectivity index (χ1) is 16.9. The second kappa shape index (κ2) is 12.5. The van der Waals surface area contributed by atoms with Crippen LogP contribution in [-0.2, 0) is 33.5 Å². The van der Waals surface area contributed by atoms with Gasteiger partial charge in [-0.1, -0.05) is 5.16 Å². The van der Waals surface area contributed by atoms with E-state index in [-0.39, 0.29) is 52.4 Å². The molecule has 3 N–H and O–H groups in total. The zero-order valence-electron chi connectivity index (χ0n) is 20.5. The van der Waals surface area contributed by atoms with Crippen LogP contribution in [0.2, 0.25) is 0 Å². The first-order valence-corrected chi connectivity index (χ1v) is 11.5. The summed E-state index contributed by atoms with van der Waals surface area (Å²) >= 11 is 1.14. The number of rotatable bonds is 9. The van der Waals surface area contributed by atoms with Crippen LogP contribution in [0.25, 0.3) is 0 Å². The number of hydrogen-bond donors (Lipinski definition) is 2. The summed E-state index contributed by atoms with van der Waals surface area (Å²) in [5.41, 5.74) is 3.49. The molecule has 0 radical (unpaired) electrons. The van der Waals surface area contributed by atoms with Crippen molar-refractivity contribution in [2.45, 2.75) is 37.8 Å².